The van der Waals surface area contributed by atoms with Crippen molar-refractivity contribution in [1.82, 2.24) is 9.80 Å². The normalized spacial score (nSPS) is 17.6. The van der Waals surface area contributed by atoms with E-state index in [0.29, 0.717) is 36.4 Å². The van der Waals surface area contributed by atoms with Crippen LogP contribution in [0.3, 0.4) is 0 Å². The van der Waals surface area contributed by atoms with E-state index in [1.165, 1.54) is 17.0 Å². The van der Waals surface area contributed by atoms with E-state index in [9.17, 15) is 19.1 Å². The second-order valence-corrected chi connectivity index (χ2v) is 8.30. The van der Waals surface area contributed by atoms with Crippen molar-refractivity contribution >= 4 is 17.4 Å². The number of ether oxygens (including phenoxy) is 1. The topological polar surface area (TPSA) is 70.1 Å². The third kappa shape index (κ3) is 5.65. The molecular weight excluding hydrogens is 435 g/mol. The molecule has 0 saturated carbocycles. The number of aliphatic hydroxyl groups is 1. The zero-order valence-electron chi connectivity index (χ0n) is 20.1. The van der Waals surface area contributed by atoms with Crippen LogP contribution < -0.4 is 4.74 Å². The molecule has 1 fully saturated rings. The fourth-order valence-electron chi connectivity index (χ4n) is 4.22. The van der Waals surface area contributed by atoms with Gasteiger partial charge in [0.25, 0.3) is 11.7 Å². The third-order valence-corrected chi connectivity index (χ3v) is 6.07. The Morgan fingerprint density at radius 2 is 1.79 bits per heavy atom. The van der Waals surface area contributed by atoms with Gasteiger partial charge < -0.3 is 19.6 Å². The molecule has 1 heterocycles. The number of rotatable bonds is 11. The molecule has 0 spiro atoms. The minimum atomic E-state index is -0.794. The Labute approximate surface area is 200 Å². The smallest absolute Gasteiger partial charge is 0.295 e. The van der Waals surface area contributed by atoms with Crippen LogP contribution in [0.5, 0.6) is 5.75 Å². The number of benzene rings is 2. The molecule has 1 saturated heterocycles. The van der Waals surface area contributed by atoms with Crippen LogP contribution in [0.2, 0.25) is 0 Å². The van der Waals surface area contributed by atoms with Gasteiger partial charge in [-0.05, 0) is 62.3 Å². The number of carbonyl (C=O) groups excluding carboxylic acids is 2. The second kappa shape index (κ2) is 11.8. The fourth-order valence-corrected chi connectivity index (χ4v) is 4.22. The maximum absolute atomic E-state index is 13.6. The lowest BCUT2D eigenvalue weighted by Gasteiger charge is -2.26. The Morgan fingerprint density at radius 3 is 2.44 bits per heavy atom. The molecule has 0 bridgehead atoms. The molecule has 0 aromatic heterocycles. The van der Waals surface area contributed by atoms with Gasteiger partial charge in [-0.3, -0.25) is 9.59 Å². The van der Waals surface area contributed by atoms with E-state index in [2.05, 4.69) is 18.7 Å². The monoisotopic (exact) mass is 468 g/mol. The number of nitrogens with zero attached hydrogens (tertiary/aromatic N) is 2. The Balaban J connectivity index is 2.01. The summed E-state index contributed by atoms with van der Waals surface area (Å²) in [6, 6.07) is 11.7. The summed E-state index contributed by atoms with van der Waals surface area (Å²) in [5.74, 6) is -1.51. The van der Waals surface area contributed by atoms with Gasteiger partial charge in [0, 0.05) is 12.1 Å². The van der Waals surface area contributed by atoms with Crippen LogP contribution in [-0.4, -0.2) is 59.4 Å². The molecule has 182 valence electrons. The van der Waals surface area contributed by atoms with Crippen molar-refractivity contribution < 1.29 is 23.8 Å². The Bertz CT molecular complexity index is 1030. The zero-order chi connectivity index (χ0) is 24.7. The Hall–Kier alpha value is -3.19. The molecule has 0 aliphatic carbocycles. The second-order valence-electron chi connectivity index (χ2n) is 8.30. The number of ketones is 1. The van der Waals surface area contributed by atoms with Crippen LogP contribution in [0.15, 0.2) is 54.1 Å². The van der Waals surface area contributed by atoms with Gasteiger partial charge in [-0.2, -0.15) is 0 Å². The van der Waals surface area contributed by atoms with Crippen molar-refractivity contribution in [2.75, 3.05) is 32.8 Å². The van der Waals surface area contributed by atoms with Gasteiger partial charge in [0.15, 0.2) is 0 Å². The lowest BCUT2D eigenvalue weighted by molar-refractivity contribution is -0.140. The maximum Gasteiger partial charge on any atom is 0.295 e. The number of Topliss-reactive ketones (excluding diaryl/α,β-unsaturated/α-hetero) is 1. The summed E-state index contributed by atoms with van der Waals surface area (Å²) in [7, 11) is 0. The van der Waals surface area contributed by atoms with Crippen LogP contribution in [0.1, 0.15) is 50.8 Å². The SMILES string of the molecule is CCCOc1cccc(C(O)=C2C(=O)C(=O)N(CCCN(CC)CC)C2c2ccc(F)cc2)c1. The van der Waals surface area contributed by atoms with Crippen LogP contribution >= 0.6 is 0 Å². The van der Waals surface area contributed by atoms with E-state index >= 15 is 0 Å². The number of halogens is 1. The lowest BCUT2D eigenvalue weighted by atomic mass is 9.95. The summed E-state index contributed by atoms with van der Waals surface area (Å²) in [6.07, 6.45) is 1.51. The first-order valence-corrected chi connectivity index (χ1v) is 11.9. The number of amides is 1. The number of carbonyl (C=O) groups is 2. The highest BCUT2D eigenvalue weighted by atomic mass is 19.1. The van der Waals surface area contributed by atoms with Crippen molar-refractivity contribution in [1.29, 1.82) is 0 Å². The zero-order valence-corrected chi connectivity index (χ0v) is 20.1. The average Bonchev–Trinajstić information content (AvgIpc) is 3.10. The van der Waals surface area contributed by atoms with Gasteiger partial charge in [0.2, 0.25) is 0 Å². The maximum atomic E-state index is 13.6. The summed E-state index contributed by atoms with van der Waals surface area (Å²) >= 11 is 0. The molecular formula is C27H33FN2O4. The number of hydrogen-bond acceptors (Lipinski definition) is 5. The molecule has 1 aliphatic rings. The van der Waals surface area contributed by atoms with Crippen molar-refractivity contribution in [2.24, 2.45) is 0 Å². The van der Waals surface area contributed by atoms with Crippen LogP contribution in [0, 0.1) is 5.82 Å². The Kier molecular flexibility index (Phi) is 8.82. The summed E-state index contributed by atoms with van der Waals surface area (Å²) < 4.78 is 19.3. The molecule has 0 radical (unpaired) electrons. The van der Waals surface area contributed by atoms with Gasteiger partial charge in [-0.25, -0.2) is 4.39 Å². The summed E-state index contributed by atoms with van der Waals surface area (Å²) in [5, 5.41) is 11.2. The van der Waals surface area contributed by atoms with Gasteiger partial charge in [-0.1, -0.05) is 45.0 Å². The molecule has 1 atom stereocenters. The van der Waals surface area contributed by atoms with Crippen LogP contribution in [0.4, 0.5) is 4.39 Å². The summed E-state index contributed by atoms with van der Waals surface area (Å²) in [4.78, 5) is 29.9. The van der Waals surface area contributed by atoms with Crippen molar-refractivity contribution in [3.63, 3.8) is 0 Å². The predicted molar refractivity (Wildman–Crippen MR) is 130 cm³/mol. The molecule has 1 amide bonds. The third-order valence-electron chi connectivity index (χ3n) is 6.07. The van der Waals surface area contributed by atoms with Crippen molar-refractivity contribution in [3.05, 3.63) is 71.0 Å². The Morgan fingerprint density at radius 1 is 1.09 bits per heavy atom. The molecule has 1 N–H and O–H groups in total. The van der Waals surface area contributed by atoms with E-state index in [1.807, 2.05) is 6.92 Å². The highest BCUT2D eigenvalue weighted by Crippen LogP contribution is 2.39. The molecule has 2 aromatic rings. The average molecular weight is 469 g/mol. The summed E-state index contributed by atoms with van der Waals surface area (Å²) in [6.45, 7) is 9.59. The summed E-state index contributed by atoms with van der Waals surface area (Å²) in [5.41, 5.74) is 0.970. The first-order valence-electron chi connectivity index (χ1n) is 11.9. The fraction of sp³-hybridized carbons (Fsp3) is 0.407. The van der Waals surface area contributed by atoms with E-state index in [1.54, 1.807) is 36.4 Å². The van der Waals surface area contributed by atoms with Crippen LogP contribution in [0.25, 0.3) is 5.76 Å². The first-order chi connectivity index (χ1) is 16.4. The molecule has 2 aromatic carbocycles. The molecule has 3 rings (SSSR count). The first kappa shape index (κ1) is 25.4. The van der Waals surface area contributed by atoms with Gasteiger partial charge >= 0.3 is 0 Å². The molecule has 1 aliphatic heterocycles. The van der Waals surface area contributed by atoms with Gasteiger partial charge in [-0.15, -0.1) is 0 Å². The van der Waals surface area contributed by atoms with Gasteiger partial charge in [0.05, 0.1) is 18.2 Å². The van der Waals surface area contributed by atoms with Crippen LogP contribution in [-0.2, 0) is 9.59 Å². The standard InChI is InChI=1S/C27H33FN2O4/c1-4-17-34-22-10-7-9-20(18-22)25(31)23-24(19-11-13-21(28)14-12-19)30(27(33)26(23)32)16-8-15-29(5-2)6-3/h7,9-14,18,24,31H,4-6,8,15-17H2,1-3H3. The number of hydrogen-bond donors (Lipinski definition) is 1. The number of aliphatic hydroxyl groups excluding tert-OH is 1. The molecule has 6 nitrogen and oxygen atoms in total. The predicted octanol–water partition coefficient (Wildman–Crippen LogP) is 4.77. The van der Waals surface area contributed by atoms with E-state index < -0.39 is 23.5 Å². The van der Waals surface area contributed by atoms with Gasteiger partial charge in [0.1, 0.15) is 17.3 Å². The quantitative estimate of drug-likeness (QED) is 0.292. The minimum absolute atomic E-state index is 0.00656. The van der Waals surface area contributed by atoms with Crippen molar-refractivity contribution in [3.8, 4) is 5.75 Å². The van der Waals surface area contributed by atoms with Crippen molar-refractivity contribution in [2.45, 2.75) is 39.7 Å². The lowest BCUT2D eigenvalue weighted by Crippen LogP contribution is -2.33. The largest absolute Gasteiger partial charge is 0.507 e. The molecule has 1 unspecified atom stereocenters. The number of likely N-dealkylation sites (tertiary alicyclic amines) is 1. The molecule has 7 heteroatoms. The highest BCUT2D eigenvalue weighted by Gasteiger charge is 2.45. The van der Waals surface area contributed by atoms with E-state index in [0.717, 1.165) is 26.1 Å². The van der Waals surface area contributed by atoms with E-state index in [4.69, 9.17) is 4.74 Å². The van der Waals surface area contributed by atoms with E-state index in [-0.39, 0.29) is 11.3 Å². The molecule has 34 heavy (non-hydrogen) atoms. The minimum Gasteiger partial charge on any atom is -0.507 e. The highest BCUT2D eigenvalue weighted by molar-refractivity contribution is 6.46.